The van der Waals surface area contributed by atoms with Crippen molar-refractivity contribution in [2.45, 2.75) is 46.5 Å². The molecule has 0 atom stereocenters. The molecule has 1 heteroatoms. The topological polar surface area (TPSA) is 3.24 Å². The predicted octanol–water partition coefficient (Wildman–Crippen LogP) is 3.73. The van der Waals surface area contributed by atoms with Crippen LogP contribution >= 0.6 is 0 Å². The highest BCUT2D eigenvalue weighted by atomic mass is 15.1. The van der Waals surface area contributed by atoms with Gasteiger partial charge in [-0.15, -0.1) is 0 Å². The SMILES string of the molecule is CCCCN(CC)C1=CCCC(C)=C1. The molecule has 1 rings (SSSR count). The fourth-order valence-corrected chi connectivity index (χ4v) is 1.87. The number of nitrogens with zero attached hydrogens (tertiary/aromatic N) is 1. The summed E-state index contributed by atoms with van der Waals surface area (Å²) in [5.74, 6) is 0. The molecule has 1 nitrogen and oxygen atoms in total. The zero-order chi connectivity index (χ0) is 10.4. The first kappa shape index (κ1) is 11.4. The van der Waals surface area contributed by atoms with Gasteiger partial charge in [0.05, 0.1) is 0 Å². The van der Waals surface area contributed by atoms with Crippen LogP contribution in [0.5, 0.6) is 0 Å². The van der Waals surface area contributed by atoms with E-state index in [9.17, 15) is 0 Å². The van der Waals surface area contributed by atoms with Gasteiger partial charge >= 0.3 is 0 Å². The zero-order valence-corrected chi connectivity index (χ0v) is 9.84. The molecule has 0 unspecified atom stereocenters. The summed E-state index contributed by atoms with van der Waals surface area (Å²) in [6.07, 6.45) is 9.79. The Bertz CT molecular complexity index is 225. The molecule has 0 amide bonds. The molecule has 1 aliphatic rings. The zero-order valence-electron chi connectivity index (χ0n) is 9.84. The summed E-state index contributed by atoms with van der Waals surface area (Å²) >= 11 is 0. The van der Waals surface area contributed by atoms with Crippen molar-refractivity contribution in [1.82, 2.24) is 4.90 Å². The van der Waals surface area contributed by atoms with Crippen LogP contribution in [-0.2, 0) is 0 Å². The average Bonchev–Trinajstić information content (AvgIpc) is 2.19. The molecule has 0 aromatic heterocycles. The Hall–Kier alpha value is -0.720. The molecule has 0 bridgehead atoms. The molecule has 0 saturated heterocycles. The van der Waals surface area contributed by atoms with Crippen molar-refractivity contribution >= 4 is 0 Å². The van der Waals surface area contributed by atoms with Crippen LogP contribution in [0.15, 0.2) is 23.4 Å². The maximum Gasteiger partial charge on any atom is 0.0325 e. The molecular formula is C13H23N. The van der Waals surface area contributed by atoms with Gasteiger partial charge in [-0.2, -0.15) is 0 Å². The van der Waals surface area contributed by atoms with Gasteiger partial charge in [0.1, 0.15) is 0 Å². The molecule has 0 aromatic rings. The van der Waals surface area contributed by atoms with Crippen molar-refractivity contribution in [3.05, 3.63) is 23.4 Å². The monoisotopic (exact) mass is 193 g/mol. The normalized spacial score (nSPS) is 16.2. The van der Waals surface area contributed by atoms with Crippen LogP contribution in [0.3, 0.4) is 0 Å². The fraction of sp³-hybridized carbons (Fsp3) is 0.692. The molecule has 0 heterocycles. The highest BCUT2D eigenvalue weighted by Gasteiger charge is 2.07. The molecule has 0 aromatic carbocycles. The minimum absolute atomic E-state index is 1.13. The molecule has 0 spiro atoms. The van der Waals surface area contributed by atoms with Crippen LogP contribution in [-0.4, -0.2) is 18.0 Å². The minimum atomic E-state index is 1.13. The van der Waals surface area contributed by atoms with Crippen LogP contribution < -0.4 is 0 Å². The van der Waals surface area contributed by atoms with Crippen molar-refractivity contribution in [3.63, 3.8) is 0 Å². The number of rotatable bonds is 5. The maximum atomic E-state index is 2.49. The molecule has 1 aliphatic carbocycles. The van der Waals surface area contributed by atoms with E-state index < -0.39 is 0 Å². The van der Waals surface area contributed by atoms with Gasteiger partial charge in [0, 0.05) is 18.8 Å². The number of hydrogen-bond donors (Lipinski definition) is 0. The number of unbranched alkanes of at least 4 members (excludes halogenated alkanes) is 1. The molecule has 0 aliphatic heterocycles. The van der Waals surface area contributed by atoms with Crippen molar-refractivity contribution in [1.29, 1.82) is 0 Å². The summed E-state index contributed by atoms with van der Waals surface area (Å²) in [4.78, 5) is 2.49. The molecule has 0 radical (unpaired) electrons. The lowest BCUT2D eigenvalue weighted by Gasteiger charge is -2.26. The van der Waals surface area contributed by atoms with E-state index in [1.54, 1.807) is 0 Å². The van der Waals surface area contributed by atoms with E-state index in [-0.39, 0.29) is 0 Å². The summed E-state index contributed by atoms with van der Waals surface area (Å²) in [6.45, 7) is 9.08. The van der Waals surface area contributed by atoms with Crippen molar-refractivity contribution in [2.75, 3.05) is 13.1 Å². The van der Waals surface area contributed by atoms with Crippen LogP contribution in [0.2, 0.25) is 0 Å². The third kappa shape index (κ3) is 3.21. The lowest BCUT2D eigenvalue weighted by molar-refractivity contribution is 0.362. The highest BCUT2D eigenvalue weighted by molar-refractivity contribution is 5.25. The molecule has 0 N–H and O–H groups in total. The fourth-order valence-electron chi connectivity index (χ4n) is 1.87. The summed E-state index contributed by atoms with van der Waals surface area (Å²) in [7, 11) is 0. The van der Waals surface area contributed by atoms with Crippen molar-refractivity contribution in [3.8, 4) is 0 Å². The quantitative estimate of drug-likeness (QED) is 0.643. The van der Waals surface area contributed by atoms with Gasteiger partial charge in [0.25, 0.3) is 0 Å². The Morgan fingerprint density at radius 3 is 2.71 bits per heavy atom. The van der Waals surface area contributed by atoms with Gasteiger partial charge in [-0.3, -0.25) is 0 Å². The van der Waals surface area contributed by atoms with Crippen molar-refractivity contribution < 1.29 is 0 Å². The second-order valence-electron chi connectivity index (χ2n) is 4.09. The Labute approximate surface area is 88.5 Å². The van der Waals surface area contributed by atoms with E-state index in [0.717, 1.165) is 6.54 Å². The molecule has 14 heavy (non-hydrogen) atoms. The molecule has 0 fully saturated rings. The first-order valence-corrected chi connectivity index (χ1v) is 5.90. The van der Waals surface area contributed by atoms with E-state index in [0.29, 0.717) is 0 Å². The third-order valence-electron chi connectivity index (χ3n) is 2.81. The first-order chi connectivity index (χ1) is 6.77. The Balaban J connectivity index is 2.55. The Morgan fingerprint density at radius 2 is 2.14 bits per heavy atom. The van der Waals surface area contributed by atoms with Crippen molar-refractivity contribution in [2.24, 2.45) is 0 Å². The predicted molar refractivity (Wildman–Crippen MR) is 63.2 cm³/mol. The van der Waals surface area contributed by atoms with Crippen LogP contribution in [0.1, 0.15) is 46.5 Å². The standard InChI is InChI=1S/C13H23N/c1-4-6-10-14(5-2)13-9-7-8-12(3)11-13/h9,11H,4-8,10H2,1-3H3. The van der Waals surface area contributed by atoms with Crippen LogP contribution in [0, 0.1) is 0 Å². The molecule has 80 valence electrons. The van der Waals surface area contributed by atoms with Crippen LogP contribution in [0.25, 0.3) is 0 Å². The van der Waals surface area contributed by atoms with E-state index >= 15 is 0 Å². The summed E-state index contributed by atoms with van der Waals surface area (Å²) in [6, 6.07) is 0. The Kier molecular flexibility index (Phi) is 4.78. The minimum Gasteiger partial charge on any atom is -0.372 e. The van der Waals surface area contributed by atoms with E-state index in [2.05, 4.69) is 37.8 Å². The van der Waals surface area contributed by atoms with Gasteiger partial charge in [0.15, 0.2) is 0 Å². The smallest absolute Gasteiger partial charge is 0.0325 e. The highest BCUT2D eigenvalue weighted by Crippen LogP contribution is 2.19. The lowest BCUT2D eigenvalue weighted by atomic mass is 10.0. The summed E-state index contributed by atoms with van der Waals surface area (Å²) in [5, 5.41) is 0. The molecular weight excluding hydrogens is 170 g/mol. The van der Waals surface area contributed by atoms with Gasteiger partial charge in [0.2, 0.25) is 0 Å². The van der Waals surface area contributed by atoms with Gasteiger partial charge in [-0.1, -0.05) is 25.0 Å². The van der Waals surface area contributed by atoms with E-state index in [1.807, 2.05) is 0 Å². The third-order valence-corrected chi connectivity index (χ3v) is 2.81. The number of hydrogen-bond acceptors (Lipinski definition) is 1. The number of likely N-dealkylation sites (N-methyl/N-ethyl adjacent to an activating group) is 1. The van der Waals surface area contributed by atoms with Gasteiger partial charge in [-0.05, 0) is 39.2 Å². The Morgan fingerprint density at radius 1 is 1.36 bits per heavy atom. The largest absolute Gasteiger partial charge is 0.372 e. The van der Waals surface area contributed by atoms with Gasteiger partial charge < -0.3 is 4.90 Å². The average molecular weight is 193 g/mol. The van der Waals surface area contributed by atoms with E-state index in [4.69, 9.17) is 0 Å². The molecule has 0 saturated carbocycles. The first-order valence-electron chi connectivity index (χ1n) is 5.90. The second-order valence-corrected chi connectivity index (χ2v) is 4.09. The second kappa shape index (κ2) is 5.90. The van der Waals surface area contributed by atoms with E-state index in [1.165, 1.54) is 43.5 Å². The van der Waals surface area contributed by atoms with Crippen LogP contribution in [0.4, 0.5) is 0 Å². The maximum absolute atomic E-state index is 2.49. The number of allylic oxidation sites excluding steroid dienone is 3. The summed E-state index contributed by atoms with van der Waals surface area (Å²) < 4.78 is 0. The lowest BCUT2D eigenvalue weighted by Crippen LogP contribution is -2.23. The summed E-state index contributed by atoms with van der Waals surface area (Å²) in [5.41, 5.74) is 2.97. The van der Waals surface area contributed by atoms with Gasteiger partial charge in [-0.25, -0.2) is 0 Å².